The molecule has 44 heavy (non-hydrogen) atoms. The Hall–Kier alpha value is -4.44. The Kier molecular flexibility index (Phi) is 13.2. The van der Waals surface area contributed by atoms with E-state index in [0.29, 0.717) is 12.8 Å². The van der Waals surface area contributed by atoms with Gasteiger partial charge in [-0.05, 0) is 35.4 Å². The number of carbonyl (C=O) groups is 3. The van der Waals surface area contributed by atoms with Crippen LogP contribution in [-0.4, -0.2) is 50.7 Å². The largest absolute Gasteiger partial charge is 0.445 e. The first-order valence-corrected chi connectivity index (χ1v) is 16.5. The number of nitrogens with one attached hydrogen (secondary N) is 3. The van der Waals surface area contributed by atoms with Crippen LogP contribution in [0.1, 0.15) is 37.0 Å². The summed E-state index contributed by atoms with van der Waals surface area (Å²) in [5.41, 5.74) is 2.52. The number of rotatable bonds is 15. The molecule has 0 aliphatic rings. The van der Waals surface area contributed by atoms with E-state index >= 15 is 0 Å². The molecule has 0 aliphatic carbocycles. The van der Waals surface area contributed by atoms with E-state index in [0.717, 1.165) is 28.4 Å². The van der Waals surface area contributed by atoms with Gasteiger partial charge in [-0.25, -0.2) is 13.2 Å². The molecule has 0 aliphatic heterocycles. The molecule has 0 fully saturated rings. The summed E-state index contributed by atoms with van der Waals surface area (Å²) in [4.78, 5) is 39.9. The summed E-state index contributed by atoms with van der Waals surface area (Å²) in [5.74, 6) is -0.966. The first-order chi connectivity index (χ1) is 21.0. The van der Waals surface area contributed by atoms with Crippen LogP contribution in [0.4, 0.5) is 4.79 Å². The zero-order valence-electron chi connectivity index (χ0n) is 25.3. The summed E-state index contributed by atoms with van der Waals surface area (Å²) < 4.78 is 29.1. The van der Waals surface area contributed by atoms with Gasteiger partial charge in [0, 0.05) is 18.1 Å². The molecule has 0 radical (unpaired) electrons. The highest BCUT2D eigenvalue weighted by Gasteiger charge is 2.29. The molecule has 3 rings (SSSR count). The van der Waals surface area contributed by atoms with Gasteiger partial charge in [-0.1, -0.05) is 111 Å². The third-order valence-corrected chi connectivity index (χ3v) is 7.28. The molecule has 3 aromatic rings. The first-order valence-electron chi connectivity index (χ1n) is 14.5. The Morgan fingerprint density at radius 3 is 1.73 bits per heavy atom. The van der Waals surface area contributed by atoms with E-state index < -0.39 is 45.9 Å². The fraction of sp³-hybridized carbons (Fsp3) is 0.324. The van der Waals surface area contributed by atoms with Gasteiger partial charge < -0.3 is 20.7 Å². The fourth-order valence-electron chi connectivity index (χ4n) is 4.50. The predicted octanol–water partition coefficient (Wildman–Crippen LogP) is 4.34. The van der Waals surface area contributed by atoms with Gasteiger partial charge in [0.25, 0.3) is 0 Å². The highest BCUT2D eigenvalue weighted by atomic mass is 32.2. The minimum Gasteiger partial charge on any atom is -0.445 e. The molecular formula is C34H41N3O6S. The van der Waals surface area contributed by atoms with Gasteiger partial charge in [0.1, 0.15) is 18.7 Å². The zero-order chi connectivity index (χ0) is 32.0. The van der Waals surface area contributed by atoms with Gasteiger partial charge in [-0.3, -0.25) is 9.59 Å². The van der Waals surface area contributed by atoms with Crippen LogP contribution in [0.25, 0.3) is 0 Å². The summed E-state index contributed by atoms with van der Waals surface area (Å²) in [6.45, 7) is 3.90. The maximum Gasteiger partial charge on any atom is 0.408 e. The standard InChI is InChI=1S/C34H41N3O6S/c1-25(2)21-30(37-34(40)43-24-28-17-11-6-12-18-28)33(39)36-31(23-27-15-9-5-10-16-27)32(38)35-29(19-20-44(3,41)42)22-26-13-7-4-8-14-26/h4-20,25,29-31H,21-24H2,1-3H3,(H,35,38)(H,36,39)(H,37,40)/t29-,30+,31+/m1/s1. The zero-order valence-corrected chi connectivity index (χ0v) is 26.1. The van der Waals surface area contributed by atoms with Gasteiger partial charge in [0.15, 0.2) is 9.84 Å². The van der Waals surface area contributed by atoms with Crippen LogP contribution in [0.5, 0.6) is 0 Å². The topological polar surface area (TPSA) is 131 Å². The minimum absolute atomic E-state index is 0.0472. The molecule has 0 aromatic heterocycles. The average Bonchev–Trinajstić information content (AvgIpc) is 2.99. The lowest BCUT2D eigenvalue weighted by molar-refractivity contribution is -0.130. The van der Waals surface area contributed by atoms with Crippen LogP contribution in [0.15, 0.2) is 102 Å². The predicted molar refractivity (Wildman–Crippen MR) is 171 cm³/mol. The van der Waals surface area contributed by atoms with Gasteiger partial charge >= 0.3 is 6.09 Å². The van der Waals surface area contributed by atoms with Crippen LogP contribution < -0.4 is 16.0 Å². The lowest BCUT2D eigenvalue weighted by atomic mass is 10.0. The summed E-state index contributed by atoms with van der Waals surface area (Å²) in [6, 6.07) is 25.2. The molecule has 3 aromatic carbocycles. The third kappa shape index (κ3) is 12.8. The fourth-order valence-corrected chi connectivity index (χ4v) is 4.97. The maximum absolute atomic E-state index is 13.7. The lowest BCUT2D eigenvalue weighted by Crippen LogP contribution is -2.56. The van der Waals surface area contributed by atoms with Crippen molar-refractivity contribution in [2.24, 2.45) is 5.92 Å². The van der Waals surface area contributed by atoms with Gasteiger partial charge in [-0.15, -0.1) is 0 Å². The van der Waals surface area contributed by atoms with E-state index in [1.165, 1.54) is 6.08 Å². The molecule has 3 amide bonds. The number of benzene rings is 3. The van der Waals surface area contributed by atoms with Gasteiger partial charge in [0.2, 0.25) is 11.8 Å². The Labute approximate surface area is 260 Å². The Morgan fingerprint density at radius 2 is 1.20 bits per heavy atom. The second-order valence-electron chi connectivity index (χ2n) is 11.1. The van der Waals surface area contributed by atoms with E-state index in [4.69, 9.17) is 4.74 Å². The number of ether oxygens (including phenoxy) is 1. The SMILES string of the molecule is CC(C)C[C@H](NC(=O)OCc1ccccc1)C(=O)N[C@@H](Cc1ccccc1)C(=O)N[C@H](C=CS(C)(=O)=O)Cc1ccccc1. The van der Waals surface area contributed by atoms with Crippen LogP contribution in [0.3, 0.4) is 0 Å². The molecule has 9 nitrogen and oxygen atoms in total. The first kappa shape index (κ1) is 34.1. The summed E-state index contributed by atoms with van der Waals surface area (Å²) in [5, 5.41) is 9.45. The average molecular weight is 620 g/mol. The number of hydrogen-bond acceptors (Lipinski definition) is 6. The molecule has 0 saturated heterocycles. The number of amides is 3. The molecule has 0 saturated carbocycles. The van der Waals surface area contributed by atoms with Crippen LogP contribution in [0.2, 0.25) is 0 Å². The van der Waals surface area contributed by atoms with Crippen LogP contribution in [-0.2, 0) is 43.6 Å². The van der Waals surface area contributed by atoms with Gasteiger partial charge in [-0.2, -0.15) is 0 Å². The molecule has 0 heterocycles. The normalized spacial score (nSPS) is 13.5. The van der Waals surface area contributed by atoms with Crippen molar-refractivity contribution in [1.29, 1.82) is 0 Å². The Bertz CT molecular complexity index is 1480. The number of hydrogen-bond donors (Lipinski definition) is 3. The smallest absolute Gasteiger partial charge is 0.408 e. The quantitative estimate of drug-likeness (QED) is 0.232. The summed E-state index contributed by atoms with van der Waals surface area (Å²) in [6.07, 6.45) is 2.62. The third-order valence-electron chi connectivity index (χ3n) is 6.63. The highest BCUT2D eigenvalue weighted by molar-refractivity contribution is 7.93. The molecule has 0 bridgehead atoms. The van der Waals surface area contributed by atoms with Crippen LogP contribution >= 0.6 is 0 Å². The maximum atomic E-state index is 13.7. The lowest BCUT2D eigenvalue weighted by Gasteiger charge is -2.25. The Balaban J connectivity index is 1.78. The second-order valence-corrected chi connectivity index (χ2v) is 13.0. The van der Waals surface area contributed by atoms with Crippen molar-refractivity contribution in [3.63, 3.8) is 0 Å². The monoisotopic (exact) mass is 619 g/mol. The number of sulfone groups is 1. The molecular weight excluding hydrogens is 578 g/mol. The summed E-state index contributed by atoms with van der Waals surface area (Å²) >= 11 is 0. The van der Waals surface area contributed by atoms with Crippen molar-refractivity contribution in [3.8, 4) is 0 Å². The van der Waals surface area contributed by atoms with Crippen molar-refractivity contribution in [2.45, 2.75) is 57.8 Å². The molecule has 0 unspecified atom stereocenters. The Morgan fingerprint density at radius 1 is 0.705 bits per heavy atom. The van der Waals surface area contributed by atoms with E-state index in [1.807, 2.05) is 105 Å². The molecule has 234 valence electrons. The van der Waals surface area contributed by atoms with E-state index in [1.54, 1.807) is 0 Å². The van der Waals surface area contributed by atoms with Crippen molar-refractivity contribution in [2.75, 3.05) is 6.26 Å². The molecule has 3 N–H and O–H groups in total. The van der Waals surface area contributed by atoms with Crippen molar-refractivity contribution in [3.05, 3.63) is 119 Å². The number of alkyl carbamates (subject to hydrolysis) is 1. The van der Waals surface area contributed by atoms with E-state index in [-0.39, 0.29) is 18.9 Å². The van der Waals surface area contributed by atoms with Crippen molar-refractivity contribution in [1.82, 2.24) is 16.0 Å². The van der Waals surface area contributed by atoms with Crippen molar-refractivity contribution >= 4 is 27.7 Å². The van der Waals surface area contributed by atoms with Gasteiger partial charge in [0.05, 0.1) is 6.04 Å². The minimum atomic E-state index is -3.45. The molecule has 3 atom stereocenters. The van der Waals surface area contributed by atoms with E-state index in [2.05, 4.69) is 16.0 Å². The molecule has 10 heteroatoms. The number of carbonyl (C=O) groups excluding carboxylic acids is 3. The van der Waals surface area contributed by atoms with Crippen LogP contribution in [0, 0.1) is 5.92 Å². The van der Waals surface area contributed by atoms with Crippen molar-refractivity contribution < 1.29 is 27.5 Å². The summed E-state index contributed by atoms with van der Waals surface area (Å²) in [7, 11) is -3.45. The molecule has 0 spiro atoms. The highest BCUT2D eigenvalue weighted by Crippen LogP contribution is 2.11. The second kappa shape index (κ2) is 17.0. The van der Waals surface area contributed by atoms with E-state index in [9.17, 15) is 22.8 Å².